The molecule has 2 aromatic rings. The third-order valence-corrected chi connectivity index (χ3v) is 5.43. The van der Waals surface area contributed by atoms with E-state index in [4.69, 9.17) is 0 Å². The molecule has 0 aromatic heterocycles. The van der Waals surface area contributed by atoms with Crippen molar-refractivity contribution in [3.05, 3.63) is 69.0 Å². The second kappa shape index (κ2) is 7.44. The van der Waals surface area contributed by atoms with E-state index < -0.39 is 0 Å². The molecule has 0 N–H and O–H groups in total. The van der Waals surface area contributed by atoms with Crippen molar-refractivity contribution in [1.82, 2.24) is 4.90 Å². The summed E-state index contributed by atoms with van der Waals surface area (Å²) < 4.78 is 14.2. The summed E-state index contributed by atoms with van der Waals surface area (Å²) >= 11 is 3.64. The van der Waals surface area contributed by atoms with E-state index in [-0.39, 0.29) is 11.7 Å². The van der Waals surface area contributed by atoms with Gasteiger partial charge in [-0.2, -0.15) is 0 Å². The summed E-state index contributed by atoms with van der Waals surface area (Å²) in [4.78, 5) is 18.8. The number of amidine groups is 1. The lowest BCUT2D eigenvalue weighted by Gasteiger charge is -2.18. The minimum absolute atomic E-state index is 0.0296. The molecule has 0 radical (unpaired) electrons. The van der Waals surface area contributed by atoms with E-state index in [0.717, 1.165) is 9.13 Å². The van der Waals surface area contributed by atoms with Gasteiger partial charge in [0.2, 0.25) is 0 Å². The van der Waals surface area contributed by atoms with Gasteiger partial charge in [0.05, 0.1) is 12.1 Å². The van der Waals surface area contributed by atoms with Crippen molar-refractivity contribution < 1.29 is 9.18 Å². The fourth-order valence-corrected chi connectivity index (χ4v) is 3.90. The standard InChI is InChI=1S/C17H14FIN2OS/c18-13-5-3-4-12(10-13)11-23-17-20-8-9-21(17)16(22)14-6-1-2-7-15(14)19/h1-7,10H,8-9,11H2. The van der Waals surface area contributed by atoms with Gasteiger partial charge in [-0.25, -0.2) is 4.39 Å². The van der Waals surface area contributed by atoms with Crippen LogP contribution in [0.3, 0.4) is 0 Å². The number of carbonyl (C=O) groups is 1. The van der Waals surface area contributed by atoms with Crippen LogP contribution in [0, 0.1) is 9.39 Å². The van der Waals surface area contributed by atoms with Crippen LogP contribution in [-0.4, -0.2) is 29.1 Å². The monoisotopic (exact) mass is 440 g/mol. The molecule has 0 unspecified atom stereocenters. The van der Waals surface area contributed by atoms with Crippen molar-refractivity contribution in [2.45, 2.75) is 5.75 Å². The van der Waals surface area contributed by atoms with Gasteiger partial charge in [0.15, 0.2) is 5.17 Å². The summed E-state index contributed by atoms with van der Waals surface area (Å²) in [6, 6.07) is 14.0. The summed E-state index contributed by atoms with van der Waals surface area (Å²) in [5.74, 6) is 0.313. The number of halogens is 2. The van der Waals surface area contributed by atoms with Crippen molar-refractivity contribution in [3.63, 3.8) is 0 Å². The van der Waals surface area contributed by atoms with Gasteiger partial charge in [-0.15, -0.1) is 0 Å². The lowest BCUT2D eigenvalue weighted by Crippen LogP contribution is -2.33. The molecule has 0 aliphatic carbocycles. The van der Waals surface area contributed by atoms with Gasteiger partial charge in [-0.3, -0.25) is 14.7 Å². The van der Waals surface area contributed by atoms with E-state index in [9.17, 15) is 9.18 Å². The highest BCUT2D eigenvalue weighted by atomic mass is 127. The maximum absolute atomic E-state index is 13.2. The van der Waals surface area contributed by atoms with Crippen LogP contribution in [0.25, 0.3) is 0 Å². The third kappa shape index (κ3) is 3.92. The molecule has 1 heterocycles. The Labute approximate surface area is 152 Å². The minimum atomic E-state index is -0.247. The molecular formula is C17H14FIN2OS. The molecule has 3 rings (SSSR count). The van der Waals surface area contributed by atoms with E-state index in [0.29, 0.717) is 29.6 Å². The molecule has 1 amide bonds. The van der Waals surface area contributed by atoms with Crippen LogP contribution in [0.1, 0.15) is 15.9 Å². The first-order valence-corrected chi connectivity index (χ1v) is 9.19. The average Bonchev–Trinajstić information content (AvgIpc) is 3.01. The zero-order valence-corrected chi connectivity index (χ0v) is 15.2. The van der Waals surface area contributed by atoms with Crippen LogP contribution >= 0.6 is 34.4 Å². The molecule has 0 saturated carbocycles. The number of thioether (sulfide) groups is 1. The highest BCUT2D eigenvalue weighted by Crippen LogP contribution is 2.23. The van der Waals surface area contributed by atoms with E-state index in [1.807, 2.05) is 30.3 Å². The van der Waals surface area contributed by atoms with E-state index in [2.05, 4.69) is 27.6 Å². The largest absolute Gasteiger partial charge is 0.286 e. The Morgan fingerprint density at radius 3 is 2.87 bits per heavy atom. The van der Waals surface area contributed by atoms with Crippen LogP contribution in [0.15, 0.2) is 53.5 Å². The summed E-state index contributed by atoms with van der Waals surface area (Å²) in [5.41, 5.74) is 1.57. The van der Waals surface area contributed by atoms with Crippen LogP contribution < -0.4 is 0 Å². The minimum Gasteiger partial charge on any atom is -0.286 e. The van der Waals surface area contributed by atoms with Crippen LogP contribution in [0.5, 0.6) is 0 Å². The molecule has 0 fully saturated rings. The fraction of sp³-hybridized carbons (Fsp3) is 0.176. The van der Waals surface area contributed by atoms with Crippen LogP contribution in [-0.2, 0) is 5.75 Å². The topological polar surface area (TPSA) is 32.7 Å². The highest BCUT2D eigenvalue weighted by molar-refractivity contribution is 14.1. The van der Waals surface area contributed by atoms with Gasteiger partial charge >= 0.3 is 0 Å². The van der Waals surface area contributed by atoms with E-state index in [1.165, 1.54) is 23.9 Å². The molecule has 1 aliphatic rings. The van der Waals surface area contributed by atoms with Gasteiger partial charge in [0.25, 0.3) is 5.91 Å². The number of rotatable bonds is 3. The first-order chi connectivity index (χ1) is 11.1. The molecular weight excluding hydrogens is 426 g/mol. The zero-order valence-electron chi connectivity index (χ0n) is 12.2. The Hall–Kier alpha value is -1.41. The van der Waals surface area contributed by atoms with Crippen molar-refractivity contribution in [2.24, 2.45) is 4.99 Å². The van der Waals surface area contributed by atoms with Crippen LogP contribution in [0.2, 0.25) is 0 Å². The Morgan fingerprint density at radius 2 is 2.09 bits per heavy atom. The number of carbonyl (C=O) groups excluding carboxylic acids is 1. The third-order valence-electron chi connectivity index (χ3n) is 3.41. The van der Waals surface area contributed by atoms with Crippen LogP contribution in [0.4, 0.5) is 4.39 Å². The number of nitrogens with zero attached hydrogens (tertiary/aromatic N) is 2. The highest BCUT2D eigenvalue weighted by Gasteiger charge is 2.26. The number of hydrogen-bond donors (Lipinski definition) is 0. The van der Waals surface area contributed by atoms with Crippen molar-refractivity contribution in [3.8, 4) is 0 Å². The summed E-state index contributed by atoms with van der Waals surface area (Å²) in [6.45, 7) is 1.20. The molecule has 6 heteroatoms. The van der Waals surface area contributed by atoms with Gasteiger partial charge in [-0.1, -0.05) is 36.0 Å². The Balaban J connectivity index is 1.70. The number of hydrogen-bond acceptors (Lipinski definition) is 3. The summed E-state index contributed by atoms with van der Waals surface area (Å²) in [7, 11) is 0. The molecule has 23 heavy (non-hydrogen) atoms. The smallest absolute Gasteiger partial charge is 0.260 e. The maximum Gasteiger partial charge on any atom is 0.260 e. The number of aliphatic imine (C=N–C) groups is 1. The average molecular weight is 440 g/mol. The SMILES string of the molecule is O=C(c1ccccc1I)N1CCN=C1SCc1cccc(F)c1. The molecule has 0 atom stereocenters. The molecule has 118 valence electrons. The van der Waals surface area contributed by atoms with Crippen molar-refractivity contribution >= 4 is 45.4 Å². The Morgan fingerprint density at radius 1 is 1.26 bits per heavy atom. The second-order valence-corrected chi connectivity index (χ2v) is 7.12. The van der Waals surface area contributed by atoms with Gasteiger partial charge in [-0.05, 0) is 52.4 Å². The van der Waals surface area contributed by atoms with Gasteiger partial charge < -0.3 is 0 Å². The fourth-order valence-electron chi connectivity index (χ4n) is 2.29. The predicted molar refractivity (Wildman–Crippen MR) is 100 cm³/mol. The quantitative estimate of drug-likeness (QED) is 0.672. The Bertz CT molecular complexity index is 766. The van der Waals surface area contributed by atoms with Gasteiger partial charge in [0.1, 0.15) is 5.82 Å². The molecule has 1 aliphatic heterocycles. The molecule has 0 spiro atoms. The van der Waals surface area contributed by atoms with E-state index in [1.54, 1.807) is 11.0 Å². The molecule has 2 aromatic carbocycles. The number of benzene rings is 2. The van der Waals surface area contributed by atoms with Gasteiger partial charge in [0, 0.05) is 15.9 Å². The van der Waals surface area contributed by atoms with Crippen molar-refractivity contribution in [1.29, 1.82) is 0 Å². The maximum atomic E-state index is 13.2. The lowest BCUT2D eigenvalue weighted by molar-refractivity contribution is 0.0859. The number of amides is 1. The first-order valence-electron chi connectivity index (χ1n) is 7.13. The normalized spacial score (nSPS) is 14.0. The predicted octanol–water partition coefficient (Wildman–Crippen LogP) is 4.18. The zero-order chi connectivity index (χ0) is 16.2. The molecule has 0 saturated heterocycles. The second-order valence-electron chi connectivity index (χ2n) is 5.02. The molecule has 0 bridgehead atoms. The lowest BCUT2D eigenvalue weighted by atomic mass is 10.2. The Kier molecular flexibility index (Phi) is 5.32. The van der Waals surface area contributed by atoms with Crippen molar-refractivity contribution in [2.75, 3.05) is 13.1 Å². The molecule has 3 nitrogen and oxygen atoms in total. The first kappa shape index (κ1) is 16.4. The van der Waals surface area contributed by atoms with E-state index >= 15 is 0 Å². The summed E-state index contributed by atoms with van der Waals surface area (Å²) in [5, 5.41) is 0.707. The summed E-state index contributed by atoms with van der Waals surface area (Å²) in [6.07, 6.45) is 0.